The second kappa shape index (κ2) is 8.03. The SMILES string of the molecule is CC(C)(Oc1ccc(Cl)cc1)C(=O)N(CCC(N)=O)c1ccccc1. The summed E-state index contributed by atoms with van der Waals surface area (Å²) < 4.78 is 5.86. The van der Waals surface area contributed by atoms with Crippen LogP contribution in [0.15, 0.2) is 54.6 Å². The van der Waals surface area contributed by atoms with Crippen molar-refractivity contribution < 1.29 is 14.3 Å². The van der Waals surface area contributed by atoms with E-state index in [2.05, 4.69) is 0 Å². The summed E-state index contributed by atoms with van der Waals surface area (Å²) in [4.78, 5) is 25.8. The number of nitrogens with zero attached hydrogens (tertiary/aromatic N) is 1. The van der Waals surface area contributed by atoms with Gasteiger partial charge in [0.25, 0.3) is 5.91 Å². The highest BCUT2D eigenvalue weighted by molar-refractivity contribution is 6.30. The van der Waals surface area contributed by atoms with Crippen molar-refractivity contribution in [1.82, 2.24) is 0 Å². The molecule has 0 aromatic heterocycles. The lowest BCUT2D eigenvalue weighted by molar-refractivity contribution is -0.131. The normalized spacial score (nSPS) is 11.0. The van der Waals surface area contributed by atoms with Gasteiger partial charge in [-0.05, 0) is 50.2 Å². The molecule has 0 saturated heterocycles. The van der Waals surface area contributed by atoms with Gasteiger partial charge in [0.05, 0.1) is 0 Å². The third-order valence-electron chi connectivity index (χ3n) is 3.60. The van der Waals surface area contributed by atoms with E-state index >= 15 is 0 Å². The Balaban J connectivity index is 2.23. The molecule has 2 amide bonds. The molecular formula is C19H21ClN2O3. The van der Waals surface area contributed by atoms with Crippen LogP contribution in [0.1, 0.15) is 20.3 Å². The number of carbonyl (C=O) groups is 2. The number of hydrogen-bond donors (Lipinski definition) is 1. The minimum atomic E-state index is -1.14. The van der Waals surface area contributed by atoms with Crippen molar-refractivity contribution in [2.75, 3.05) is 11.4 Å². The van der Waals surface area contributed by atoms with Crippen molar-refractivity contribution in [3.8, 4) is 5.75 Å². The fourth-order valence-electron chi connectivity index (χ4n) is 2.34. The number of halogens is 1. The summed E-state index contributed by atoms with van der Waals surface area (Å²) in [6.45, 7) is 3.56. The van der Waals surface area contributed by atoms with Gasteiger partial charge in [-0.3, -0.25) is 9.59 Å². The van der Waals surface area contributed by atoms with E-state index in [-0.39, 0.29) is 18.9 Å². The molecule has 2 rings (SSSR count). The highest BCUT2D eigenvalue weighted by Gasteiger charge is 2.35. The van der Waals surface area contributed by atoms with Crippen LogP contribution in [0.2, 0.25) is 5.02 Å². The fourth-order valence-corrected chi connectivity index (χ4v) is 2.47. The first kappa shape index (κ1) is 18.8. The Bertz CT molecular complexity index is 730. The van der Waals surface area contributed by atoms with Crippen molar-refractivity contribution in [3.63, 3.8) is 0 Å². The van der Waals surface area contributed by atoms with E-state index in [1.807, 2.05) is 18.2 Å². The molecule has 0 aliphatic rings. The highest BCUT2D eigenvalue weighted by Crippen LogP contribution is 2.25. The van der Waals surface area contributed by atoms with E-state index in [0.717, 1.165) is 0 Å². The Labute approximate surface area is 152 Å². The standard InChI is InChI=1S/C19H21ClN2O3/c1-19(2,25-16-10-8-14(20)9-11-16)18(24)22(13-12-17(21)23)15-6-4-3-5-7-15/h3-11H,12-13H2,1-2H3,(H2,21,23). The van der Waals surface area contributed by atoms with Crippen molar-refractivity contribution in [2.24, 2.45) is 5.73 Å². The maximum atomic E-state index is 13.1. The summed E-state index contributed by atoms with van der Waals surface area (Å²) in [5.74, 6) is -0.203. The summed E-state index contributed by atoms with van der Waals surface area (Å²) in [6, 6.07) is 15.9. The molecule has 132 valence electrons. The van der Waals surface area contributed by atoms with Crippen LogP contribution < -0.4 is 15.4 Å². The van der Waals surface area contributed by atoms with Crippen LogP contribution in [-0.4, -0.2) is 24.0 Å². The molecule has 0 aliphatic carbocycles. The first-order valence-electron chi connectivity index (χ1n) is 7.89. The number of benzene rings is 2. The lowest BCUT2D eigenvalue weighted by atomic mass is 10.1. The van der Waals surface area contributed by atoms with Crippen molar-refractivity contribution in [1.29, 1.82) is 0 Å². The summed E-state index contributed by atoms with van der Waals surface area (Å²) in [6.07, 6.45) is 0.0671. The molecule has 0 fully saturated rings. The van der Waals surface area contributed by atoms with Gasteiger partial charge in [0, 0.05) is 23.7 Å². The smallest absolute Gasteiger partial charge is 0.270 e. The Morgan fingerprint density at radius 3 is 2.24 bits per heavy atom. The summed E-state index contributed by atoms with van der Waals surface area (Å²) >= 11 is 5.87. The Morgan fingerprint density at radius 2 is 1.68 bits per heavy atom. The third-order valence-corrected chi connectivity index (χ3v) is 3.85. The maximum Gasteiger partial charge on any atom is 0.270 e. The molecule has 2 aromatic rings. The van der Waals surface area contributed by atoms with E-state index in [0.29, 0.717) is 16.5 Å². The topological polar surface area (TPSA) is 72.6 Å². The molecule has 0 heterocycles. The molecule has 0 saturated carbocycles. The lowest BCUT2D eigenvalue weighted by Gasteiger charge is -2.32. The van der Waals surface area contributed by atoms with Gasteiger partial charge in [0.2, 0.25) is 5.91 Å². The van der Waals surface area contributed by atoms with Gasteiger partial charge in [-0.2, -0.15) is 0 Å². The van der Waals surface area contributed by atoms with E-state index in [1.165, 1.54) is 4.90 Å². The maximum absolute atomic E-state index is 13.1. The minimum absolute atomic E-state index is 0.0671. The van der Waals surface area contributed by atoms with Crippen LogP contribution in [0.4, 0.5) is 5.69 Å². The zero-order valence-electron chi connectivity index (χ0n) is 14.2. The van der Waals surface area contributed by atoms with Crippen LogP contribution in [-0.2, 0) is 9.59 Å². The number of primary amides is 1. The number of hydrogen-bond acceptors (Lipinski definition) is 3. The van der Waals surface area contributed by atoms with E-state index in [1.54, 1.807) is 50.2 Å². The molecule has 0 aliphatic heterocycles. The number of anilines is 1. The number of para-hydroxylation sites is 1. The van der Waals surface area contributed by atoms with Crippen LogP contribution in [0.25, 0.3) is 0 Å². The molecule has 25 heavy (non-hydrogen) atoms. The van der Waals surface area contributed by atoms with Gasteiger partial charge in [-0.25, -0.2) is 0 Å². The van der Waals surface area contributed by atoms with Gasteiger partial charge in [0.15, 0.2) is 5.60 Å². The molecule has 0 spiro atoms. The molecule has 5 nitrogen and oxygen atoms in total. The van der Waals surface area contributed by atoms with Gasteiger partial charge >= 0.3 is 0 Å². The molecule has 2 N–H and O–H groups in total. The predicted octanol–water partition coefficient (Wildman–Crippen LogP) is 3.41. The number of rotatable bonds is 7. The van der Waals surface area contributed by atoms with Crippen molar-refractivity contribution >= 4 is 29.1 Å². The van der Waals surface area contributed by atoms with E-state index in [9.17, 15) is 9.59 Å². The second-order valence-corrected chi connectivity index (χ2v) is 6.51. The average Bonchev–Trinajstić information content (AvgIpc) is 2.57. The van der Waals surface area contributed by atoms with Gasteiger partial charge in [-0.1, -0.05) is 29.8 Å². The first-order valence-corrected chi connectivity index (χ1v) is 8.27. The number of carbonyl (C=O) groups excluding carboxylic acids is 2. The van der Waals surface area contributed by atoms with Gasteiger partial charge < -0.3 is 15.4 Å². The zero-order chi connectivity index (χ0) is 18.4. The molecule has 0 bridgehead atoms. The molecule has 0 atom stereocenters. The number of ether oxygens (including phenoxy) is 1. The van der Waals surface area contributed by atoms with Crippen LogP contribution in [0.3, 0.4) is 0 Å². The highest BCUT2D eigenvalue weighted by atomic mass is 35.5. The molecule has 2 aromatic carbocycles. The summed E-state index contributed by atoms with van der Waals surface area (Å²) in [5.41, 5.74) is 4.79. The number of nitrogens with two attached hydrogens (primary N) is 1. The monoisotopic (exact) mass is 360 g/mol. The second-order valence-electron chi connectivity index (χ2n) is 6.07. The predicted molar refractivity (Wildman–Crippen MR) is 98.8 cm³/mol. The van der Waals surface area contributed by atoms with E-state index in [4.69, 9.17) is 22.1 Å². The van der Waals surface area contributed by atoms with Crippen LogP contribution >= 0.6 is 11.6 Å². The largest absolute Gasteiger partial charge is 0.478 e. The van der Waals surface area contributed by atoms with E-state index < -0.39 is 11.5 Å². The number of amides is 2. The first-order chi connectivity index (χ1) is 11.8. The summed E-state index contributed by atoms with van der Waals surface area (Å²) in [7, 11) is 0. The molecular weight excluding hydrogens is 340 g/mol. The third kappa shape index (κ3) is 5.22. The zero-order valence-corrected chi connectivity index (χ0v) is 15.0. The summed E-state index contributed by atoms with van der Waals surface area (Å²) in [5, 5.41) is 0.587. The molecule has 6 heteroatoms. The van der Waals surface area contributed by atoms with Crippen molar-refractivity contribution in [2.45, 2.75) is 25.9 Å². The average molecular weight is 361 g/mol. The Morgan fingerprint density at radius 1 is 1.08 bits per heavy atom. The Kier molecular flexibility index (Phi) is 6.04. The van der Waals surface area contributed by atoms with Crippen LogP contribution in [0.5, 0.6) is 5.75 Å². The molecule has 0 unspecified atom stereocenters. The lowest BCUT2D eigenvalue weighted by Crippen LogP contribution is -2.50. The van der Waals surface area contributed by atoms with Crippen molar-refractivity contribution in [3.05, 3.63) is 59.6 Å². The van der Waals surface area contributed by atoms with Gasteiger partial charge in [0.1, 0.15) is 5.75 Å². The molecule has 0 radical (unpaired) electrons. The quantitative estimate of drug-likeness (QED) is 0.822. The van der Waals surface area contributed by atoms with Gasteiger partial charge in [-0.15, -0.1) is 0 Å². The fraction of sp³-hybridized carbons (Fsp3) is 0.263. The Hall–Kier alpha value is -2.53. The van der Waals surface area contributed by atoms with Crippen LogP contribution in [0, 0.1) is 0 Å². The minimum Gasteiger partial charge on any atom is -0.478 e.